The average Bonchev–Trinajstić information content (AvgIpc) is 2.40. The van der Waals surface area contributed by atoms with Crippen molar-refractivity contribution in [2.75, 3.05) is 5.32 Å². The van der Waals surface area contributed by atoms with Crippen molar-refractivity contribution < 1.29 is 9.90 Å². The first-order valence-corrected chi connectivity index (χ1v) is 6.34. The van der Waals surface area contributed by atoms with Gasteiger partial charge in [0.05, 0.1) is 5.56 Å². The highest BCUT2D eigenvalue weighted by Gasteiger charge is 2.14. The number of carbonyl (C=O) groups excluding carboxylic acids is 1. The Balaban J connectivity index is 2.35. The molecule has 3 N–H and O–H groups in total. The summed E-state index contributed by atoms with van der Waals surface area (Å²) in [6.45, 7) is 3.91. The summed E-state index contributed by atoms with van der Waals surface area (Å²) in [5.74, 6) is -0.791. The van der Waals surface area contributed by atoms with Crippen molar-refractivity contribution >= 4 is 11.6 Å². The SMILES string of the molecule is CCc1cccc(C)c1NC(=O)c1c[nH]c(=O)cc1O. The highest BCUT2D eigenvalue weighted by atomic mass is 16.3. The van der Waals surface area contributed by atoms with Gasteiger partial charge in [0.1, 0.15) is 5.75 Å². The molecule has 1 aromatic heterocycles. The predicted octanol–water partition coefficient (Wildman–Crippen LogP) is 2.20. The van der Waals surface area contributed by atoms with Gasteiger partial charge in [0.15, 0.2) is 0 Å². The topological polar surface area (TPSA) is 82.2 Å². The fraction of sp³-hybridized carbons (Fsp3) is 0.200. The van der Waals surface area contributed by atoms with Gasteiger partial charge in [0.25, 0.3) is 11.5 Å². The van der Waals surface area contributed by atoms with E-state index in [4.69, 9.17) is 0 Å². The van der Waals surface area contributed by atoms with Crippen molar-refractivity contribution in [3.8, 4) is 5.75 Å². The van der Waals surface area contributed by atoms with Gasteiger partial charge < -0.3 is 15.4 Å². The van der Waals surface area contributed by atoms with Crippen LogP contribution in [0.25, 0.3) is 0 Å². The maximum Gasteiger partial charge on any atom is 0.260 e. The molecule has 20 heavy (non-hydrogen) atoms. The summed E-state index contributed by atoms with van der Waals surface area (Å²) < 4.78 is 0. The minimum Gasteiger partial charge on any atom is -0.507 e. The Morgan fingerprint density at radius 1 is 1.40 bits per heavy atom. The monoisotopic (exact) mass is 272 g/mol. The van der Waals surface area contributed by atoms with Crippen LogP contribution in [0.3, 0.4) is 0 Å². The molecule has 0 aliphatic heterocycles. The van der Waals surface area contributed by atoms with Crippen LogP contribution in [-0.4, -0.2) is 16.0 Å². The fourth-order valence-electron chi connectivity index (χ4n) is 2.03. The van der Waals surface area contributed by atoms with Gasteiger partial charge in [0, 0.05) is 18.0 Å². The van der Waals surface area contributed by atoms with Crippen molar-refractivity contribution in [3.05, 3.63) is 57.5 Å². The van der Waals surface area contributed by atoms with E-state index in [9.17, 15) is 14.7 Å². The number of rotatable bonds is 3. The lowest BCUT2D eigenvalue weighted by Gasteiger charge is -2.13. The van der Waals surface area contributed by atoms with Crippen molar-refractivity contribution in [3.63, 3.8) is 0 Å². The van der Waals surface area contributed by atoms with Crippen molar-refractivity contribution in [2.45, 2.75) is 20.3 Å². The van der Waals surface area contributed by atoms with E-state index < -0.39 is 11.5 Å². The van der Waals surface area contributed by atoms with Crippen LogP contribution in [-0.2, 0) is 6.42 Å². The zero-order valence-corrected chi connectivity index (χ0v) is 11.4. The molecule has 1 aromatic carbocycles. The van der Waals surface area contributed by atoms with Crippen LogP contribution in [0.15, 0.2) is 35.3 Å². The quantitative estimate of drug-likeness (QED) is 0.801. The average molecular weight is 272 g/mol. The van der Waals surface area contributed by atoms with E-state index in [1.54, 1.807) is 0 Å². The van der Waals surface area contributed by atoms with E-state index in [0.29, 0.717) is 0 Å². The number of anilines is 1. The summed E-state index contributed by atoms with van der Waals surface area (Å²) >= 11 is 0. The maximum absolute atomic E-state index is 12.2. The number of aromatic amines is 1. The molecule has 0 aliphatic carbocycles. The molecule has 2 rings (SSSR count). The molecule has 0 fully saturated rings. The first-order valence-electron chi connectivity index (χ1n) is 6.34. The second-order valence-corrected chi connectivity index (χ2v) is 4.51. The molecule has 0 aliphatic rings. The fourth-order valence-corrected chi connectivity index (χ4v) is 2.03. The molecule has 104 valence electrons. The number of carbonyl (C=O) groups is 1. The Hall–Kier alpha value is -2.56. The zero-order chi connectivity index (χ0) is 14.7. The molecule has 0 spiro atoms. The van der Waals surface area contributed by atoms with E-state index in [2.05, 4.69) is 10.3 Å². The molecule has 1 amide bonds. The van der Waals surface area contributed by atoms with Crippen molar-refractivity contribution in [1.82, 2.24) is 4.98 Å². The van der Waals surface area contributed by atoms with Gasteiger partial charge in [0.2, 0.25) is 0 Å². The van der Waals surface area contributed by atoms with Gasteiger partial charge in [-0.3, -0.25) is 9.59 Å². The number of benzene rings is 1. The predicted molar refractivity (Wildman–Crippen MR) is 77.2 cm³/mol. The molecule has 2 aromatic rings. The number of nitrogens with one attached hydrogen (secondary N) is 2. The smallest absolute Gasteiger partial charge is 0.260 e. The van der Waals surface area contributed by atoms with Gasteiger partial charge in [-0.05, 0) is 24.5 Å². The van der Waals surface area contributed by atoms with Crippen LogP contribution in [0, 0.1) is 6.92 Å². The number of hydrogen-bond donors (Lipinski definition) is 3. The largest absolute Gasteiger partial charge is 0.507 e. The van der Waals surface area contributed by atoms with E-state index in [0.717, 1.165) is 29.3 Å². The summed E-state index contributed by atoms with van der Waals surface area (Å²) in [5, 5.41) is 12.4. The summed E-state index contributed by atoms with van der Waals surface area (Å²) in [7, 11) is 0. The normalized spacial score (nSPS) is 10.3. The Kier molecular flexibility index (Phi) is 3.89. The Morgan fingerprint density at radius 3 is 2.80 bits per heavy atom. The van der Waals surface area contributed by atoms with Crippen molar-refractivity contribution in [1.29, 1.82) is 0 Å². The third-order valence-electron chi connectivity index (χ3n) is 3.13. The van der Waals surface area contributed by atoms with Gasteiger partial charge in [-0.15, -0.1) is 0 Å². The Morgan fingerprint density at radius 2 is 2.15 bits per heavy atom. The van der Waals surface area contributed by atoms with E-state index in [-0.39, 0.29) is 11.3 Å². The molecule has 0 unspecified atom stereocenters. The first-order chi connectivity index (χ1) is 9.52. The number of para-hydroxylation sites is 1. The lowest BCUT2D eigenvalue weighted by atomic mass is 10.1. The number of hydrogen-bond acceptors (Lipinski definition) is 3. The van der Waals surface area contributed by atoms with Crippen LogP contribution in [0.5, 0.6) is 5.75 Å². The Labute approximate surface area is 116 Å². The number of pyridine rings is 1. The molecule has 5 heteroatoms. The maximum atomic E-state index is 12.2. The summed E-state index contributed by atoms with van der Waals surface area (Å²) in [4.78, 5) is 25.6. The van der Waals surface area contributed by atoms with E-state index in [1.165, 1.54) is 6.20 Å². The first kappa shape index (κ1) is 13.9. The minimum absolute atomic E-state index is 0.0370. The van der Waals surface area contributed by atoms with Crippen LogP contribution in [0.2, 0.25) is 0 Å². The van der Waals surface area contributed by atoms with Crippen molar-refractivity contribution in [2.24, 2.45) is 0 Å². The molecule has 0 atom stereocenters. The lowest BCUT2D eigenvalue weighted by Crippen LogP contribution is -2.16. The number of aromatic hydroxyl groups is 1. The van der Waals surface area contributed by atoms with E-state index >= 15 is 0 Å². The van der Waals surface area contributed by atoms with Crippen LogP contribution >= 0.6 is 0 Å². The van der Waals surface area contributed by atoms with Crippen LogP contribution in [0.1, 0.15) is 28.4 Å². The van der Waals surface area contributed by atoms with Crippen LogP contribution in [0.4, 0.5) is 5.69 Å². The highest BCUT2D eigenvalue weighted by molar-refractivity contribution is 6.06. The summed E-state index contributed by atoms with van der Waals surface area (Å²) in [6, 6.07) is 6.76. The molecule has 0 saturated heterocycles. The molecule has 1 heterocycles. The minimum atomic E-state index is -0.456. The number of amides is 1. The summed E-state index contributed by atoms with van der Waals surface area (Å²) in [6.07, 6.45) is 1.99. The third kappa shape index (κ3) is 2.71. The number of aromatic nitrogens is 1. The zero-order valence-electron chi connectivity index (χ0n) is 11.4. The molecule has 0 saturated carbocycles. The lowest BCUT2D eigenvalue weighted by molar-refractivity contribution is 0.102. The molecular weight excluding hydrogens is 256 g/mol. The van der Waals surface area contributed by atoms with Gasteiger partial charge >= 0.3 is 0 Å². The van der Waals surface area contributed by atoms with Gasteiger partial charge in [-0.1, -0.05) is 25.1 Å². The number of H-pyrrole nitrogens is 1. The second-order valence-electron chi connectivity index (χ2n) is 4.51. The highest BCUT2D eigenvalue weighted by Crippen LogP contribution is 2.23. The summed E-state index contributed by atoms with van der Waals surface area (Å²) in [5.41, 5.74) is 2.29. The van der Waals surface area contributed by atoms with E-state index in [1.807, 2.05) is 32.0 Å². The second kappa shape index (κ2) is 5.61. The molecular formula is C15H16N2O3. The number of aryl methyl sites for hydroxylation is 2. The van der Waals surface area contributed by atoms with Crippen LogP contribution < -0.4 is 10.9 Å². The molecule has 0 bridgehead atoms. The van der Waals surface area contributed by atoms with Gasteiger partial charge in [-0.25, -0.2) is 0 Å². The van der Waals surface area contributed by atoms with Gasteiger partial charge in [-0.2, -0.15) is 0 Å². The molecule has 5 nitrogen and oxygen atoms in total. The standard InChI is InChI=1S/C15H16N2O3/c1-3-10-6-4-5-9(2)14(10)17-15(20)11-8-16-13(19)7-12(11)18/h4-8H,3H2,1-2H3,(H,17,20)(H2,16,18,19). The third-order valence-corrected chi connectivity index (χ3v) is 3.13. The molecule has 0 radical (unpaired) electrons. The Bertz CT molecular complexity index is 705.